The number of para-hydroxylation sites is 2. The molecule has 0 bridgehead atoms. The molecule has 0 radical (unpaired) electrons. The Labute approximate surface area is 167 Å². The lowest BCUT2D eigenvalue weighted by Crippen LogP contribution is -2.46. The largest absolute Gasteiger partial charge is 0.454 e. The number of rotatable bonds is 7. The van der Waals surface area contributed by atoms with Gasteiger partial charge in [0.2, 0.25) is 0 Å². The van der Waals surface area contributed by atoms with Crippen molar-refractivity contribution in [3.05, 3.63) is 71.2 Å². The monoisotopic (exact) mass is 430 g/mol. The molecule has 0 spiro atoms. The van der Waals surface area contributed by atoms with E-state index in [9.17, 15) is 9.90 Å². The van der Waals surface area contributed by atoms with E-state index in [4.69, 9.17) is 10.5 Å². The molecule has 0 aromatic heterocycles. The van der Waals surface area contributed by atoms with Crippen LogP contribution in [-0.4, -0.2) is 23.4 Å². The standard InChI is InChI=1S/C21H23BrN2O3/c1-2-19(27-21(26)13-7-9-14(22)10-8-13)15-11-12-16(15)20(25)24-18-6-4-3-5-17(18)23/h2-10,15-16,19-20,24-25H,1,11-12,23H2. The maximum Gasteiger partial charge on any atom is 0.338 e. The second-order valence-electron chi connectivity index (χ2n) is 6.69. The number of carbonyl (C=O) groups is 1. The summed E-state index contributed by atoms with van der Waals surface area (Å²) in [5.41, 5.74) is 7.68. The first-order valence-corrected chi connectivity index (χ1v) is 9.67. The van der Waals surface area contributed by atoms with Crippen molar-refractivity contribution in [3.8, 4) is 0 Å². The van der Waals surface area contributed by atoms with Gasteiger partial charge in [0.15, 0.2) is 0 Å². The summed E-state index contributed by atoms with van der Waals surface area (Å²) < 4.78 is 6.54. The van der Waals surface area contributed by atoms with Gasteiger partial charge in [0, 0.05) is 16.3 Å². The topological polar surface area (TPSA) is 84.6 Å². The maximum absolute atomic E-state index is 12.4. The second kappa shape index (κ2) is 8.59. The molecule has 0 aliphatic heterocycles. The van der Waals surface area contributed by atoms with Crippen molar-refractivity contribution in [2.45, 2.75) is 25.2 Å². The fourth-order valence-corrected chi connectivity index (χ4v) is 3.60. The highest BCUT2D eigenvalue weighted by Gasteiger charge is 2.42. The zero-order chi connectivity index (χ0) is 19.4. The van der Waals surface area contributed by atoms with Gasteiger partial charge < -0.3 is 20.9 Å². The number of hydrogen-bond donors (Lipinski definition) is 3. The van der Waals surface area contributed by atoms with Crippen LogP contribution in [0.1, 0.15) is 23.2 Å². The van der Waals surface area contributed by atoms with E-state index < -0.39 is 18.3 Å². The number of aliphatic hydroxyl groups is 1. The summed E-state index contributed by atoms with van der Waals surface area (Å²) in [6.45, 7) is 3.81. The molecule has 1 aliphatic rings. The van der Waals surface area contributed by atoms with Crippen molar-refractivity contribution >= 4 is 33.3 Å². The number of esters is 1. The van der Waals surface area contributed by atoms with Crippen molar-refractivity contribution in [1.29, 1.82) is 0 Å². The SMILES string of the molecule is C=CC(OC(=O)c1ccc(Br)cc1)C1CCC1C(O)Nc1ccccc1N. The molecule has 3 rings (SSSR count). The van der Waals surface area contributed by atoms with Gasteiger partial charge in [0.05, 0.1) is 16.9 Å². The van der Waals surface area contributed by atoms with Crippen LogP contribution >= 0.6 is 15.9 Å². The van der Waals surface area contributed by atoms with Crippen LogP contribution in [-0.2, 0) is 4.74 Å². The highest BCUT2D eigenvalue weighted by atomic mass is 79.9. The second-order valence-corrected chi connectivity index (χ2v) is 7.61. The summed E-state index contributed by atoms with van der Waals surface area (Å²) in [7, 11) is 0. The molecule has 5 nitrogen and oxygen atoms in total. The summed E-state index contributed by atoms with van der Waals surface area (Å²) in [4.78, 5) is 12.4. The van der Waals surface area contributed by atoms with Gasteiger partial charge in [0.25, 0.3) is 0 Å². The molecule has 0 saturated heterocycles. The van der Waals surface area contributed by atoms with E-state index in [-0.39, 0.29) is 11.8 Å². The molecule has 4 N–H and O–H groups in total. The number of nitrogens with two attached hydrogens (primary N) is 1. The summed E-state index contributed by atoms with van der Waals surface area (Å²) in [5.74, 6) is -0.438. The van der Waals surface area contributed by atoms with Crippen molar-refractivity contribution in [1.82, 2.24) is 0 Å². The Kier molecular flexibility index (Phi) is 6.19. The maximum atomic E-state index is 12.4. The molecule has 0 heterocycles. The number of ether oxygens (including phenoxy) is 1. The summed E-state index contributed by atoms with van der Waals surface area (Å²) >= 11 is 3.35. The normalized spacial score (nSPS) is 20.8. The van der Waals surface area contributed by atoms with Gasteiger partial charge in [-0.05, 0) is 49.2 Å². The fraction of sp³-hybridized carbons (Fsp3) is 0.286. The first-order valence-electron chi connectivity index (χ1n) is 8.88. The molecule has 1 saturated carbocycles. The van der Waals surface area contributed by atoms with Crippen molar-refractivity contribution < 1.29 is 14.6 Å². The lowest BCUT2D eigenvalue weighted by atomic mass is 9.69. The molecular weight excluding hydrogens is 408 g/mol. The van der Waals surface area contributed by atoms with E-state index in [1.165, 1.54) is 0 Å². The van der Waals surface area contributed by atoms with E-state index in [1.807, 2.05) is 18.2 Å². The third-order valence-corrected chi connectivity index (χ3v) is 5.56. The van der Waals surface area contributed by atoms with E-state index in [0.29, 0.717) is 16.9 Å². The summed E-state index contributed by atoms with van der Waals surface area (Å²) in [6.07, 6.45) is 2.10. The van der Waals surface area contributed by atoms with Crippen molar-refractivity contribution in [2.75, 3.05) is 11.1 Å². The predicted octanol–water partition coefficient (Wildman–Crippen LogP) is 4.20. The van der Waals surface area contributed by atoms with Crippen LogP contribution in [0, 0.1) is 11.8 Å². The quantitative estimate of drug-likeness (QED) is 0.265. The molecule has 1 aliphatic carbocycles. The Hall–Kier alpha value is -2.31. The molecule has 27 heavy (non-hydrogen) atoms. The smallest absolute Gasteiger partial charge is 0.338 e. The first-order chi connectivity index (χ1) is 13.0. The lowest BCUT2D eigenvalue weighted by molar-refractivity contribution is -0.0387. The van der Waals surface area contributed by atoms with Gasteiger partial charge in [-0.2, -0.15) is 0 Å². The average molecular weight is 431 g/mol. The van der Waals surface area contributed by atoms with Gasteiger partial charge in [0.1, 0.15) is 12.3 Å². The third-order valence-electron chi connectivity index (χ3n) is 5.03. The zero-order valence-corrected chi connectivity index (χ0v) is 16.4. The average Bonchev–Trinajstić information content (AvgIpc) is 2.62. The van der Waals surface area contributed by atoms with Gasteiger partial charge >= 0.3 is 5.97 Å². The van der Waals surface area contributed by atoms with Crippen LogP contribution in [0.2, 0.25) is 0 Å². The van der Waals surface area contributed by atoms with E-state index in [1.54, 1.807) is 36.4 Å². The minimum Gasteiger partial charge on any atom is -0.454 e. The molecule has 4 atom stereocenters. The van der Waals surface area contributed by atoms with Gasteiger partial charge in [-0.3, -0.25) is 0 Å². The Morgan fingerprint density at radius 2 is 1.89 bits per heavy atom. The minimum atomic E-state index is -0.776. The molecule has 142 valence electrons. The molecule has 2 aromatic rings. The number of nitrogen functional groups attached to an aromatic ring is 1. The number of halogens is 1. The van der Waals surface area contributed by atoms with Crippen LogP contribution in [0.15, 0.2) is 65.7 Å². The molecular formula is C21H23BrN2O3. The van der Waals surface area contributed by atoms with E-state index in [0.717, 1.165) is 17.3 Å². The molecule has 0 amide bonds. The molecule has 1 fully saturated rings. The summed E-state index contributed by atoms with van der Waals surface area (Å²) in [5, 5.41) is 13.7. The number of benzene rings is 2. The number of anilines is 2. The highest BCUT2D eigenvalue weighted by Crippen LogP contribution is 2.41. The first kappa shape index (κ1) is 19.5. The molecule has 4 unspecified atom stereocenters. The third kappa shape index (κ3) is 4.51. The molecule has 6 heteroatoms. The summed E-state index contributed by atoms with van der Waals surface area (Å²) in [6, 6.07) is 14.3. The Morgan fingerprint density at radius 3 is 2.48 bits per heavy atom. The lowest BCUT2D eigenvalue weighted by Gasteiger charge is -2.43. The van der Waals surface area contributed by atoms with Gasteiger partial charge in [-0.25, -0.2) is 4.79 Å². The predicted molar refractivity (Wildman–Crippen MR) is 110 cm³/mol. The van der Waals surface area contributed by atoms with Crippen LogP contribution in [0.4, 0.5) is 11.4 Å². The number of hydrogen-bond acceptors (Lipinski definition) is 5. The van der Waals surface area contributed by atoms with Crippen LogP contribution in [0.25, 0.3) is 0 Å². The van der Waals surface area contributed by atoms with Crippen LogP contribution < -0.4 is 11.1 Å². The Balaban J connectivity index is 1.63. The Bertz CT molecular complexity index is 809. The highest BCUT2D eigenvalue weighted by molar-refractivity contribution is 9.10. The van der Waals surface area contributed by atoms with E-state index in [2.05, 4.69) is 27.8 Å². The van der Waals surface area contributed by atoms with Crippen molar-refractivity contribution in [3.63, 3.8) is 0 Å². The zero-order valence-electron chi connectivity index (χ0n) is 14.8. The van der Waals surface area contributed by atoms with E-state index >= 15 is 0 Å². The number of nitrogens with one attached hydrogen (secondary N) is 1. The number of carbonyl (C=O) groups excluding carboxylic acids is 1. The van der Waals surface area contributed by atoms with Crippen molar-refractivity contribution in [2.24, 2.45) is 11.8 Å². The van der Waals surface area contributed by atoms with Crippen LogP contribution in [0.3, 0.4) is 0 Å². The number of aliphatic hydroxyl groups excluding tert-OH is 1. The Morgan fingerprint density at radius 1 is 1.22 bits per heavy atom. The van der Waals surface area contributed by atoms with Crippen LogP contribution in [0.5, 0.6) is 0 Å². The fourth-order valence-electron chi connectivity index (χ4n) is 3.33. The minimum absolute atomic E-state index is 0.00864. The van der Waals surface area contributed by atoms with Gasteiger partial charge in [-0.1, -0.05) is 40.7 Å². The molecule has 2 aromatic carbocycles. The van der Waals surface area contributed by atoms with Gasteiger partial charge in [-0.15, -0.1) is 0 Å².